The molecule has 0 aliphatic heterocycles. The van der Waals surface area contributed by atoms with Gasteiger partial charge in [0, 0.05) is 7.05 Å². The summed E-state index contributed by atoms with van der Waals surface area (Å²) < 4.78 is 36.8. The number of hydrogen-bond acceptors (Lipinski definition) is 3. The van der Waals surface area contributed by atoms with E-state index in [1.165, 1.54) is 14.0 Å². The average Bonchev–Trinajstić information content (AvgIpc) is 2.08. The smallest absolute Gasteiger partial charge is 0.344 e. The van der Waals surface area contributed by atoms with Crippen LogP contribution >= 0.6 is 0 Å². The van der Waals surface area contributed by atoms with Crippen LogP contribution in [0.15, 0.2) is 0 Å². The fourth-order valence-corrected chi connectivity index (χ4v) is 0.849. The molecule has 0 spiro atoms. The van der Waals surface area contributed by atoms with Crippen LogP contribution in [0.4, 0.5) is 13.2 Å². The first-order valence-electron chi connectivity index (χ1n) is 2.86. The van der Waals surface area contributed by atoms with Crippen molar-refractivity contribution in [1.82, 2.24) is 21.1 Å². The lowest BCUT2D eigenvalue weighted by atomic mass is 10.3. The van der Waals surface area contributed by atoms with Crippen molar-refractivity contribution in [1.29, 1.82) is 0 Å². The summed E-state index contributed by atoms with van der Waals surface area (Å²) in [6.45, 7) is 1.27. The summed E-state index contributed by atoms with van der Waals surface area (Å²) in [5, 5.41) is 6.50. The van der Waals surface area contributed by atoms with Crippen molar-refractivity contribution in [3.63, 3.8) is 0 Å². The summed E-state index contributed by atoms with van der Waals surface area (Å²) in [4.78, 5) is 0. The second-order valence-corrected chi connectivity index (χ2v) is 2.14. The molecule has 0 unspecified atom stereocenters. The number of aromatic nitrogens is 3. The third kappa shape index (κ3) is 1.73. The van der Waals surface area contributed by atoms with Gasteiger partial charge < -0.3 is 6.15 Å². The molecule has 3 N–H and O–H groups in total. The fraction of sp³-hybridized carbons (Fsp3) is 0.600. The molecule has 1 heterocycles. The van der Waals surface area contributed by atoms with Gasteiger partial charge in [-0.05, 0) is 6.92 Å². The highest BCUT2D eigenvalue weighted by atomic mass is 19.4. The van der Waals surface area contributed by atoms with E-state index in [2.05, 4.69) is 10.3 Å². The van der Waals surface area contributed by atoms with Gasteiger partial charge in [0.1, 0.15) is 0 Å². The minimum atomic E-state index is -4.36. The molecule has 4 nitrogen and oxygen atoms in total. The summed E-state index contributed by atoms with van der Waals surface area (Å²) in [5.74, 6) is 0. The van der Waals surface area contributed by atoms with Crippen LogP contribution in [0, 0.1) is 6.92 Å². The predicted octanol–water partition coefficient (Wildman–Crippen LogP) is 1.30. The Morgan fingerprint density at radius 2 is 1.83 bits per heavy atom. The highest BCUT2D eigenvalue weighted by Gasteiger charge is 2.36. The van der Waals surface area contributed by atoms with Gasteiger partial charge in [0.2, 0.25) is 0 Å². The molecule has 0 amide bonds. The van der Waals surface area contributed by atoms with Crippen molar-refractivity contribution in [3.05, 3.63) is 11.4 Å². The molecule has 0 fully saturated rings. The van der Waals surface area contributed by atoms with Crippen molar-refractivity contribution in [2.45, 2.75) is 13.1 Å². The van der Waals surface area contributed by atoms with Crippen LogP contribution in [0.2, 0.25) is 0 Å². The largest absolute Gasteiger partial charge is 0.434 e. The second-order valence-electron chi connectivity index (χ2n) is 2.14. The molecule has 1 aromatic rings. The van der Waals surface area contributed by atoms with Crippen molar-refractivity contribution < 1.29 is 13.2 Å². The maximum Gasteiger partial charge on any atom is 0.434 e. The summed E-state index contributed by atoms with van der Waals surface area (Å²) in [5.41, 5.74) is -0.891. The highest BCUT2D eigenvalue weighted by molar-refractivity contribution is 5.11. The van der Waals surface area contributed by atoms with Crippen LogP contribution in [0.25, 0.3) is 0 Å². The number of hydrogen-bond donors (Lipinski definition) is 1. The third-order valence-corrected chi connectivity index (χ3v) is 1.26. The molecular formula is C5H9F3N4. The van der Waals surface area contributed by atoms with Gasteiger partial charge >= 0.3 is 6.18 Å². The van der Waals surface area contributed by atoms with Gasteiger partial charge in [0.25, 0.3) is 0 Å². The molecule has 0 saturated carbocycles. The lowest BCUT2D eigenvalue weighted by Gasteiger charge is -2.05. The van der Waals surface area contributed by atoms with Crippen molar-refractivity contribution >= 4 is 0 Å². The van der Waals surface area contributed by atoms with Crippen molar-refractivity contribution in [2.24, 2.45) is 7.05 Å². The molecule has 0 aliphatic carbocycles. The number of rotatable bonds is 0. The Kier molecular flexibility index (Phi) is 2.81. The first-order valence-corrected chi connectivity index (χ1v) is 2.86. The van der Waals surface area contributed by atoms with E-state index < -0.39 is 11.9 Å². The minimum absolute atomic E-state index is 0. The van der Waals surface area contributed by atoms with Gasteiger partial charge in [-0.2, -0.15) is 13.2 Å². The molecule has 1 rings (SSSR count). The summed E-state index contributed by atoms with van der Waals surface area (Å²) >= 11 is 0. The Morgan fingerprint density at radius 3 is 2.00 bits per heavy atom. The Balaban J connectivity index is 0.00000121. The van der Waals surface area contributed by atoms with E-state index in [4.69, 9.17) is 0 Å². The Labute approximate surface area is 67.0 Å². The van der Waals surface area contributed by atoms with Crippen molar-refractivity contribution in [2.75, 3.05) is 0 Å². The maximum atomic E-state index is 12.0. The Bertz CT molecular complexity index is 245. The van der Waals surface area contributed by atoms with Gasteiger partial charge in [0.15, 0.2) is 5.69 Å². The van der Waals surface area contributed by atoms with Crippen LogP contribution in [-0.4, -0.2) is 15.0 Å². The van der Waals surface area contributed by atoms with Crippen LogP contribution < -0.4 is 6.15 Å². The van der Waals surface area contributed by atoms with E-state index in [1.807, 2.05) is 0 Å². The number of halogens is 3. The van der Waals surface area contributed by atoms with Crippen LogP contribution in [0.5, 0.6) is 0 Å². The molecule has 0 bridgehead atoms. The lowest BCUT2D eigenvalue weighted by Crippen LogP contribution is -2.13. The molecule has 0 aromatic carbocycles. The van der Waals surface area contributed by atoms with Gasteiger partial charge in [-0.3, -0.25) is 0 Å². The standard InChI is InChI=1S/C5H6F3N3.H3N/c1-3-4(5(6,7)8)11(2)10-9-3;/h1-2H3;1H3. The van der Waals surface area contributed by atoms with E-state index in [0.717, 1.165) is 4.68 Å². The van der Waals surface area contributed by atoms with Crippen molar-refractivity contribution in [3.8, 4) is 0 Å². The molecule has 0 saturated heterocycles. The molecule has 1 aromatic heterocycles. The average molecular weight is 182 g/mol. The Morgan fingerprint density at radius 1 is 1.33 bits per heavy atom. The lowest BCUT2D eigenvalue weighted by molar-refractivity contribution is -0.144. The summed E-state index contributed by atoms with van der Waals surface area (Å²) in [6, 6.07) is 0. The normalized spacial score (nSPS) is 11.1. The molecule has 0 atom stereocenters. The number of nitrogens with zero attached hydrogens (tertiary/aromatic N) is 3. The SMILES string of the molecule is Cc1nnn(C)c1C(F)(F)F.N. The van der Waals surface area contributed by atoms with E-state index in [1.54, 1.807) is 0 Å². The highest BCUT2D eigenvalue weighted by Crippen LogP contribution is 2.29. The van der Waals surface area contributed by atoms with Crippen LogP contribution in [0.3, 0.4) is 0 Å². The topological polar surface area (TPSA) is 65.7 Å². The number of alkyl halides is 3. The van der Waals surface area contributed by atoms with E-state index in [9.17, 15) is 13.2 Å². The zero-order chi connectivity index (χ0) is 8.65. The zero-order valence-corrected chi connectivity index (χ0v) is 6.68. The van der Waals surface area contributed by atoms with Crippen LogP contribution in [0.1, 0.15) is 11.4 Å². The minimum Gasteiger partial charge on any atom is -0.344 e. The van der Waals surface area contributed by atoms with E-state index >= 15 is 0 Å². The first kappa shape index (κ1) is 10.9. The van der Waals surface area contributed by atoms with E-state index in [-0.39, 0.29) is 11.8 Å². The molecule has 12 heavy (non-hydrogen) atoms. The molecule has 0 radical (unpaired) electrons. The third-order valence-electron chi connectivity index (χ3n) is 1.26. The Hall–Kier alpha value is -1.11. The van der Waals surface area contributed by atoms with Gasteiger partial charge in [-0.1, -0.05) is 5.21 Å². The summed E-state index contributed by atoms with van der Waals surface area (Å²) in [6.07, 6.45) is -4.36. The quantitative estimate of drug-likeness (QED) is 0.657. The molecule has 0 aliphatic rings. The van der Waals surface area contributed by atoms with Gasteiger partial charge in [-0.15, -0.1) is 5.10 Å². The molecular weight excluding hydrogens is 173 g/mol. The predicted molar refractivity (Wildman–Crippen MR) is 35.8 cm³/mol. The zero-order valence-electron chi connectivity index (χ0n) is 6.68. The number of aryl methyl sites for hydroxylation is 2. The van der Waals surface area contributed by atoms with Crippen LogP contribution in [-0.2, 0) is 13.2 Å². The second kappa shape index (κ2) is 3.10. The monoisotopic (exact) mass is 182 g/mol. The summed E-state index contributed by atoms with van der Waals surface area (Å²) in [7, 11) is 1.21. The maximum absolute atomic E-state index is 12.0. The molecule has 70 valence electrons. The van der Waals surface area contributed by atoms with Gasteiger partial charge in [-0.25, -0.2) is 4.68 Å². The van der Waals surface area contributed by atoms with Gasteiger partial charge in [0.05, 0.1) is 5.69 Å². The molecule has 7 heteroatoms. The van der Waals surface area contributed by atoms with E-state index in [0.29, 0.717) is 0 Å². The first-order chi connectivity index (χ1) is 4.93. The fourth-order valence-electron chi connectivity index (χ4n) is 0.849.